The summed E-state index contributed by atoms with van der Waals surface area (Å²) in [6, 6.07) is 19.3. The number of anilines is 2. The van der Waals surface area contributed by atoms with Gasteiger partial charge in [0.25, 0.3) is 17.5 Å². The van der Waals surface area contributed by atoms with Gasteiger partial charge in [-0.1, -0.05) is 18.2 Å². The lowest BCUT2D eigenvalue weighted by molar-refractivity contribution is -0.384. The second-order valence-corrected chi connectivity index (χ2v) is 6.16. The van der Waals surface area contributed by atoms with Crippen LogP contribution in [0.3, 0.4) is 0 Å². The molecule has 0 heterocycles. The molecular formula is C21H17N3O4. The Kier molecular flexibility index (Phi) is 5.45. The Bertz CT molecular complexity index is 1050. The van der Waals surface area contributed by atoms with Gasteiger partial charge in [-0.3, -0.25) is 19.7 Å². The summed E-state index contributed by atoms with van der Waals surface area (Å²) in [7, 11) is 0. The standard InChI is InChI=1S/C21H17N3O4/c1-14-4-2-6-18(12-14)23-20(25)15-8-10-17(11-9-15)22-21(26)16-5-3-7-19(13-16)24(27)28/h2-13H,1H3,(H,22,26)(H,23,25). The molecule has 0 saturated heterocycles. The molecule has 0 spiro atoms. The van der Waals surface area contributed by atoms with Crippen LogP contribution in [-0.2, 0) is 0 Å². The van der Waals surface area contributed by atoms with Gasteiger partial charge < -0.3 is 10.6 Å². The van der Waals surface area contributed by atoms with Gasteiger partial charge in [0.05, 0.1) is 4.92 Å². The number of nitro groups is 1. The minimum atomic E-state index is -0.557. The molecule has 0 aromatic heterocycles. The van der Waals surface area contributed by atoms with E-state index in [2.05, 4.69) is 10.6 Å². The topological polar surface area (TPSA) is 101 Å². The maximum absolute atomic E-state index is 12.3. The number of hydrogen-bond acceptors (Lipinski definition) is 4. The first-order valence-electron chi connectivity index (χ1n) is 8.46. The van der Waals surface area contributed by atoms with Crippen molar-refractivity contribution in [2.45, 2.75) is 6.92 Å². The van der Waals surface area contributed by atoms with Crippen LogP contribution in [0.1, 0.15) is 26.3 Å². The molecule has 0 atom stereocenters. The Hall–Kier alpha value is -4.00. The second-order valence-electron chi connectivity index (χ2n) is 6.16. The summed E-state index contributed by atoms with van der Waals surface area (Å²) in [6.45, 7) is 1.94. The van der Waals surface area contributed by atoms with E-state index in [0.717, 1.165) is 5.56 Å². The number of nitrogens with zero attached hydrogens (tertiary/aromatic N) is 1. The van der Waals surface area contributed by atoms with E-state index in [-0.39, 0.29) is 17.2 Å². The number of non-ortho nitro benzene ring substituents is 1. The Morgan fingerprint density at radius 2 is 1.43 bits per heavy atom. The zero-order valence-corrected chi connectivity index (χ0v) is 15.0. The lowest BCUT2D eigenvalue weighted by Gasteiger charge is -2.08. The van der Waals surface area contributed by atoms with Crippen molar-refractivity contribution in [2.75, 3.05) is 10.6 Å². The van der Waals surface area contributed by atoms with Gasteiger partial charge in [-0.05, 0) is 55.0 Å². The summed E-state index contributed by atoms with van der Waals surface area (Å²) < 4.78 is 0. The predicted octanol–water partition coefficient (Wildman–Crippen LogP) is 4.41. The third-order valence-electron chi connectivity index (χ3n) is 4.00. The van der Waals surface area contributed by atoms with E-state index in [4.69, 9.17) is 0 Å². The number of hydrogen-bond donors (Lipinski definition) is 2. The average Bonchev–Trinajstić information content (AvgIpc) is 2.68. The fraction of sp³-hybridized carbons (Fsp3) is 0.0476. The number of carbonyl (C=O) groups excluding carboxylic acids is 2. The molecule has 28 heavy (non-hydrogen) atoms. The second kappa shape index (κ2) is 8.13. The number of carbonyl (C=O) groups is 2. The molecule has 0 aliphatic heterocycles. The maximum Gasteiger partial charge on any atom is 0.270 e. The van der Waals surface area contributed by atoms with Gasteiger partial charge in [0.2, 0.25) is 0 Å². The zero-order chi connectivity index (χ0) is 20.1. The highest BCUT2D eigenvalue weighted by Gasteiger charge is 2.12. The van der Waals surface area contributed by atoms with Crippen LogP contribution in [0.4, 0.5) is 17.1 Å². The molecule has 0 unspecified atom stereocenters. The summed E-state index contributed by atoms with van der Waals surface area (Å²) in [4.78, 5) is 34.9. The van der Waals surface area contributed by atoms with E-state index in [1.807, 2.05) is 25.1 Å². The monoisotopic (exact) mass is 375 g/mol. The van der Waals surface area contributed by atoms with Gasteiger partial charge >= 0.3 is 0 Å². The minimum absolute atomic E-state index is 0.157. The van der Waals surface area contributed by atoms with E-state index < -0.39 is 10.8 Å². The molecule has 7 heteroatoms. The van der Waals surface area contributed by atoms with Crippen molar-refractivity contribution in [3.8, 4) is 0 Å². The zero-order valence-electron chi connectivity index (χ0n) is 15.0. The quantitative estimate of drug-likeness (QED) is 0.509. The van der Waals surface area contributed by atoms with Gasteiger partial charge in [0.15, 0.2) is 0 Å². The molecule has 3 aromatic carbocycles. The molecule has 0 fully saturated rings. The van der Waals surface area contributed by atoms with Gasteiger partial charge in [-0.25, -0.2) is 0 Å². The number of rotatable bonds is 5. The fourth-order valence-electron chi connectivity index (χ4n) is 2.59. The minimum Gasteiger partial charge on any atom is -0.322 e. The maximum atomic E-state index is 12.3. The van der Waals surface area contributed by atoms with E-state index >= 15 is 0 Å². The van der Waals surface area contributed by atoms with Crippen molar-refractivity contribution < 1.29 is 14.5 Å². The first kappa shape index (κ1) is 18.8. The van der Waals surface area contributed by atoms with Crippen molar-refractivity contribution in [2.24, 2.45) is 0 Å². The number of nitrogens with one attached hydrogen (secondary N) is 2. The van der Waals surface area contributed by atoms with Crippen LogP contribution in [0.15, 0.2) is 72.8 Å². The van der Waals surface area contributed by atoms with Crippen LogP contribution in [0.2, 0.25) is 0 Å². The summed E-state index contributed by atoms with van der Waals surface area (Å²) in [5.41, 5.74) is 2.68. The van der Waals surface area contributed by atoms with Crippen LogP contribution >= 0.6 is 0 Å². The van der Waals surface area contributed by atoms with Crippen LogP contribution in [0, 0.1) is 17.0 Å². The molecule has 3 rings (SSSR count). The van der Waals surface area contributed by atoms with Gasteiger partial charge in [-0.2, -0.15) is 0 Å². The third-order valence-corrected chi connectivity index (χ3v) is 4.00. The van der Waals surface area contributed by atoms with Crippen molar-refractivity contribution in [3.05, 3.63) is 99.6 Å². The molecule has 0 aliphatic rings. The van der Waals surface area contributed by atoms with Crippen LogP contribution < -0.4 is 10.6 Å². The van der Waals surface area contributed by atoms with Crippen molar-refractivity contribution >= 4 is 28.9 Å². The molecular weight excluding hydrogens is 358 g/mol. The predicted molar refractivity (Wildman–Crippen MR) is 107 cm³/mol. The van der Waals surface area contributed by atoms with E-state index in [1.165, 1.54) is 24.3 Å². The molecule has 3 aromatic rings. The molecule has 2 amide bonds. The van der Waals surface area contributed by atoms with E-state index in [0.29, 0.717) is 16.9 Å². The van der Waals surface area contributed by atoms with Gasteiger partial charge in [-0.15, -0.1) is 0 Å². The SMILES string of the molecule is Cc1cccc(NC(=O)c2ccc(NC(=O)c3cccc([N+](=O)[O-])c3)cc2)c1. The average molecular weight is 375 g/mol. The highest BCUT2D eigenvalue weighted by molar-refractivity contribution is 6.06. The van der Waals surface area contributed by atoms with Gasteiger partial charge in [0, 0.05) is 34.6 Å². The number of aryl methyl sites for hydroxylation is 1. The molecule has 140 valence electrons. The first-order valence-corrected chi connectivity index (χ1v) is 8.46. The fourth-order valence-corrected chi connectivity index (χ4v) is 2.59. The smallest absolute Gasteiger partial charge is 0.270 e. The van der Waals surface area contributed by atoms with E-state index in [9.17, 15) is 19.7 Å². The van der Waals surface area contributed by atoms with Crippen LogP contribution in [0.5, 0.6) is 0 Å². The molecule has 0 aliphatic carbocycles. The summed E-state index contributed by atoms with van der Waals surface area (Å²) >= 11 is 0. The molecule has 2 N–H and O–H groups in total. The normalized spacial score (nSPS) is 10.2. The Balaban J connectivity index is 1.67. The molecule has 0 radical (unpaired) electrons. The number of amides is 2. The molecule has 0 saturated carbocycles. The van der Waals surface area contributed by atoms with Crippen LogP contribution in [-0.4, -0.2) is 16.7 Å². The summed E-state index contributed by atoms with van der Waals surface area (Å²) in [6.07, 6.45) is 0. The Labute approximate surface area is 161 Å². The van der Waals surface area contributed by atoms with Crippen molar-refractivity contribution in [1.29, 1.82) is 0 Å². The van der Waals surface area contributed by atoms with Crippen LogP contribution in [0.25, 0.3) is 0 Å². The summed E-state index contributed by atoms with van der Waals surface area (Å²) in [5.74, 6) is -0.733. The Morgan fingerprint density at radius 3 is 2.11 bits per heavy atom. The highest BCUT2D eigenvalue weighted by Crippen LogP contribution is 2.17. The number of benzene rings is 3. The largest absolute Gasteiger partial charge is 0.322 e. The Morgan fingerprint density at radius 1 is 0.786 bits per heavy atom. The molecule has 0 bridgehead atoms. The lowest BCUT2D eigenvalue weighted by atomic mass is 10.1. The highest BCUT2D eigenvalue weighted by atomic mass is 16.6. The first-order chi connectivity index (χ1) is 13.4. The van der Waals surface area contributed by atoms with E-state index in [1.54, 1.807) is 30.3 Å². The number of nitro benzene ring substituents is 1. The summed E-state index contributed by atoms with van der Waals surface area (Å²) in [5, 5.41) is 16.3. The lowest BCUT2D eigenvalue weighted by Crippen LogP contribution is -2.14. The third kappa shape index (κ3) is 4.59. The van der Waals surface area contributed by atoms with Crippen molar-refractivity contribution in [1.82, 2.24) is 0 Å². The molecule has 7 nitrogen and oxygen atoms in total. The van der Waals surface area contributed by atoms with Crippen molar-refractivity contribution in [3.63, 3.8) is 0 Å². The van der Waals surface area contributed by atoms with Gasteiger partial charge in [0.1, 0.15) is 0 Å².